The third kappa shape index (κ3) is 3.69. The molecule has 4 nitrogen and oxygen atoms in total. The second-order valence-electron chi connectivity index (χ2n) is 14.5. The topological polar surface area (TPSA) is 58.9 Å². The zero-order valence-electron chi connectivity index (χ0n) is 22.8. The number of fused-ring (bicyclic) bond motifs is 1. The van der Waals surface area contributed by atoms with Crippen LogP contribution in [0.1, 0.15) is 88.2 Å². The molecule has 2 aromatic rings. The molecule has 0 radical (unpaired) electrons. The lowest BCUT2D eigenvalue weighted by molar-refractivity contribution is -0.0168. The number of hydrogen-bond donors (Lipinski definition) is 2. The molecule has 0 unspecified atom stereocenters. The monoisotopic (exact) mass is 516 g/mol. The van der Waals surface area contributed by atoms with Crippen LogP contribution < -0.4 is 9.47 Å². The van der Waals surface area contributed by atoms with Gasteiger partial charge in [0.2, 0.25) is 0 Å². The molecule has 204 valence electrons. The lowest BCUT2D eigenvalue weighted by Crippen LogP contribution is -2.52. The largest absolute Gasteiger partial charge is 0.491 e. The first-order chi connectivity index (χ1) is 18.6. The van der Waals surface area contributed by atoms with Crippen LogP contribution in [0, 0.1) is 35.5 Å². The molecule has 38 heavy (non-hydrogen) atoms. The third-order valence-electron chi connectivity index (χ3n) is 12.0. The molecule has 8 saturated carbocycles. The van der Waals surface area contributed by atoms with Crippen LogP contribution in [0.4, 0.5) is 0 Å². The minimum Gasteiger partial charge on any atom is -0.491 e. The fourth-order valence-electron chi connectivity index (χ4n) is 11.8. The van der Waals surface area contributed by atoms with Crippen molar-refractivity contribution >= 4 is 10.8 Å². The average Bonchev–Trinajstić information content (AvgIpc) is 2.88. The predicted octanol–water partition coefficient (Wildman–Crippen LogP) is 6.52. The normalized spacial score (nSPS) is 40.3. The molecule has 0 atom stereocenters. The highest BCUT2D eigenvalue weighted by molar-refractivity contribution is 5.94. The van der Waals surface area contributed by atoms with Gasteiger partial charge in [-0.15, -0.1) is 0 Å². The molecule has 0 saturated heterocycles. The van der Waals surface area contributed by atoms with E-state index in [-0.39, 0.29) is 31.8 Å². The van der Waals surface area contributed by atoms with Gasteiger partial charge in [0.15, 0.2) is 0 Å². The molecule has 8 bridgehead atoms. The van der Waals surface area contributed by atoms with Crippen molar-refractivity contribution in [1.29, 1.82) is 0 Å². The lowest BCUT2D eigenvalue weighted by atomic mass is 9.44. The molecule has 0 amide bonds. The van der Waals surface area contributed by atoms with Crippen LogP contribution in [0.5, 0.6) is 11.5 Å². The zero-order chi connectivity index (χ0) is 25.5. The van der Waals surface area contributed by atoms with Gasteiger partial charge < -0.3 is 19.7 Å². The summed E-state index contributed by atoms with van der Waals surface area (Å²) in [5.41, 5.74) is 3.98. The number of ether oxygens (including phenoxy) is 2. The van der Waals surface area contributed by atoms with Crippen LogP contribution in [-0.4, -0.2) is 36.6 Å². The summed E-state index contributed by atoms with van der Waals surface area (Å²) >= 11 is 0. The van der Waals surface area contributed by atoms with E-state index in [1.54, 1.807) is 11.1 Å². The summed E-state index contributed by atoms with van der Waals surface area (Å²) in [6, 6.07) is 9.15. The van der Waals surface area contributed by atoms with Crippen LogP contribution in [-0.2, 0) is 10.8 Å². The molecule has 10 rings (SSSR count). The van der Waals surface area contributed by atoms with Crippen LogP contribution in [0.25, 0.3) is 10.8 Å². The molecule has 0 heterocycles. The van der Waals surface area contributed by atoms with E-state index in [2.05, 4.69) is 18.2 Å². The summed E-state index contributed by atoms with van der Waals surface area (Å²) < 4.78 is 12.2. The van der Waals surface area contributed by atoms with E-state index in [9.17, 15) is 10.2 Å². The Morgan fingerprint density at radius 1 is 0.605 bits per heavy atom. The summed E-state index contributed by atoms with van der Waals surface area (Å²) in [5.74, 6) is 7.02. The molecule has 4 heteroatoms. The van der Waals surface area contributed by atoms with Crippen molar-refractivity contribution in [1.82, 2.24) is 0 Å². The highest BCUT2D eigenvalue weighted by atomic mass is 16.5. The third-order valence-corrected chi connectivity index (χ3v) is 12.0. The van der Waals surface area contributed by atoms with Crippen molar-refractivity contribution in [3.63, 3.8) is 0 Å². The molecule has 0 aromatic heterocycles. The van der Waals surface area contributed by atoms with Gasteiger partial charge in [-0.1, -0.05) is 12.1 Å². The Hall–Kier alpha value is -1.78. The van der Waals surface area contributed by atoms with E-state index in [4.69, 9.17) is 9.47 Å². The quantitative estimate of drug-likeness (QED) is 0.420. The van der Waals surface area contributed by atoms with Gasteiger partial charge >= 0.3 is 0 Å². The van der Waals surface area contributed by atoms with Crippen molar-refractivity contribution in [3.8, 4) is 11.5 Å². The van der Waals surface area contributed by atoms with Crippen LogP contribution in [0.3, 0.4) is 0 Å². The summed E-state index contributed by atoms with van der Waals surface area (Å²) in [4.78, 5) is 0. The Bertz CT molecular complexity index is 1160. The smallest absolute Gasteiger partial charge is 0.130 e. The minimum absolute atomic E-state index is 0.0000182. The minimum atomic E-state index is -0.00356. The van der Waals surface area contributed by atoms with E-state index in [1.165, 1.54) is 87.8 Å². The van der Waals surface area contributed by atoms with Crippen molar-refractivity contribution in [2.45, 2.75) is 87.9 Å². The van der Waals surface area contributed by atoms with Crippen molar-refractivity contribution in [3.05, 3.63) is 35.4 Å². The fourth-order valence-corrected chi connectivity index (χ4v) is 11.8. The summed E-state index contributed by atoms with van der Waals surface area (Å²) in [6.45, 7) is 0.560. The maximum absolute atomic E-state index is 9.57. The molecule has 8 aliphatic carbocycles. The van der Waals surface area contributed by atoms with Crippen LogP contribution in [0.2, 0.25) is 0 Å². The lowest BCUT2D eigenvalue weighted by Gasteiger charge is -2.61. The van der Waals surface area contributed by atoms with Gasteiger partial charge in [-0.05, 0) is 146 Å². The SMILES string of the molecule is OCCOc1cc(OCCO)c2ccc(C34CC5CC(CC(C5)C3)C4)c(C34CC5CC(CC(C5)C3)C4)c2c1. The second-order valence-corrected chi connectivity index (χ2v) is 14.5. The summed E-state index contributed by atoms with van der Waals surface area (Å²) in [7, 11) is 0. The number of aliphatic hydroxyl groups excluding tert-OH is 2. The van der Waals surface area contributed by atoms with Gasteiger partial charge in [0, 0.05) is 11.5 Å². The van der Waals surface area contributed by atoms with E-state index in [0.717, 1.165) is 47.0 Å². The highest BCUT2D eigenvalue weighted by Crippen LogP contribution is 2.66. The summed E-state index contributed by atoms with van der Waals surface area (Å²) in [6.07, 6.45) is 17.0. The predicted molar refractivity (Wildman–Crippen MR) is 149 cm³/mol. The highest BCUT2D eigenvalue weighted by Gasteiger charge is 2.57. The number of benzene rings is 2. The fraction of sp³-hybridized carbons (Fsp3) is 0.706. The molecule has 0 aliphatic heterocycles. The number of rotatable bonds is 8. The first-order valence-corrected chi connectivity index (χ1v) is 15.7. The zero-order valence-corrected chi connectivity index (χ0v) is 22.8. The molecular weight excluding hydrogens is 472 g/mol. The first kappa shape index (κ1) is 24.1. The average molecular weight is 517 g/mol. The van der Waals surface area contributed by atoms with Gasteiger partial charge in [-0.2, -0.15) is 0 Å². The van der Waals surface area contributed by atoms with Crippen LogP contribution in [0.15, 0.2) is 24.3 Å². The Morgan fingerprint density at radius 3 is 1.63 bits per heavy atom. The van der Waals surface area contributed by atoms with E-state index < -0.39 is 0 Å². The van der Waals surface area contributed by atoms with Gasteiger partial charge in [0.25, 0.3) is 0 Å². The molecule has 2 aromatic carbocycles. The standard InChI is InChI=1S/C34H44O4/c35-3-5-37-27-13-29-28(31(14-27)38-6-4-36)1-2-30(33-15-21-7-22(16-33)9-23(8-21)17-33)32(29)34-18-24-10-25(19-34)12-26(11-24)20-34/h1-2,13-14,21-26,35-36H,3-12,15-20H2. The Morgan fingerprint density at radius 2 is 1.11 bits per heavy atom. The first-order valence-electron chi connectivity index (χ1n) is 15.7. The van der Waals surface area contributed by atoms with Crippen molar-refractivity contribution in [2.75, 3.05) is 26.4 Å². The second kappa shape index (κ2) is 8.86. The van der Waals surface area contributed by atoms with Gasteiger partial charge in [0.1, 0.15) is 24.7 Å². The van der Waals surface area contributed by atoms with E-state index in [1.807, 2.05) is 6.07 Å². The molecule has 8 fully saturated rings. The molecular formula is C34H44O4. The van der Waals surface area contributed by atoms with Gasteiger partial charge in [0.05, 0.1) is 13.2 Å². The Labute approximate surface area is 227 Å². The number of hydrogen-bond acceptors (Lipinski definition) is 4. The van der Waals surface area contributed by atoms with E-state index >= 15 is 0 Å². The maximum Gasteiger partial charge on any atom is 0.130 e. The Kier molecular flexibility index (Phi) is 5.61. The summed E-state index contributed by atoms with van der Waals surface area (Å²) in [5, 5.41) is 21.6. The van der Waals surface area contributed by atoms with Crippen molar-refractivity contribution in [2.24, 2.45) is 35.5 Å². The maximum atomic E-state index is 9.57. The Balaban J connectivity index is 1.36. The number of aliphatic hydroxyl groups is 2. The van der Waals surface area contributed by atoms with E-state index in [0.29, 0.717) is 5.41 Å². The molecule has 8 aliphatic rings. The van der Waals surface area contributed by atoms with Crippen LogP contribution >= 0.6 is 0 Å². The molecule has 0 spiro atoms. The van der Waals surface area contributed by atoms with Gasteiger partial charge in [-0.3, -0.25) is 0 Å². The van der Waals surface area contributed by atoms with Crippen molar-refractivity contribution < 1.29 is 19.7 Å². The van der Waals surface area contributed by atoms with Gasteiger partial charge in [-0.25, -0.2) is 0 Å². The molecule has 2 N–H and O–H groups in total.